The summed E-state index contributed by atoms with van der Waals surface area (Å²) in [4.78, 5) is 44.6. The molecule has 2 aromatic carbocycles. The van der Waals surface area contributed by atoms with E-state index in [1.54, 1.807) is 0 Å². The van der Waals surface area contributed by atoms with Crippen molar-refractivity contribution in [3.63, 3.8) is 0 Å². The van der Waals surface area contributed by atoms with Gasteiger partial charge in [0.15, 0.2) is 0 Å². The van der Waals surface area contributed by atoms with Crippen molar-refractivity contribution in [2.24, 2.45) is 17.8 Å². The number of anilines is 1. The molecule has 1 aliphatic heterocycles. The van der Waals surface area contributed by atoms with Crippen molar-refractivity contribution in [3.05, 3.63) is 82.1 Å². The SMILES string of the molecule is COC(=O)C1(N(C(=O)C(F)(F)F)c2cccc(Cl)c2)CCC2(CC1)c1cc(OCCC3CCNC3=O)ccc1C[C@@H]2C[C@@H](C)COc1ccnc2c1[C@H](C)CCC2. The van der Waals surface area contributed by atoms with Crippen LogP contribution in [0.4, 0.5) is 18.9 Å². The zero-order valence-electron chi connectivity index (χ0n) is 32.8. The number of pyridine rings is 1. The van der Waals surface area contributed by atoms with Gasteiger partial charge in [-0.2, -0.15) is 13.2 Å². The molecule has 3 aliphatic carbocycles. The van der Waals surface area contributed by atoms with Gasteiger partial charge in [0, 0.05) is 40.6 Å². The van der Waals surface area contributed by atoms with Crippen molar-refractivity contribution in [2.45, 2.75) is 108 Å². The van der Waals surface area contributed by atoms with Gasteiger partial charge < -0.3 is 19.5 Å². The number of ether oxygens (including phenoxy) is 3. The lowest BCUT2D eigenvalue weighted by Gasteiger charge is -2.51. The van der Waals surface area contributed by atoms with Gasteiger partial charge in [0.1, 0.15) is 17.0 Å². The predicted octanol–water partition coefficient (Wildman–Crippen LogP) is 8.68. The molecule has 57 heavy (non-hydrogen) atoms. The second kappa shape index (κ2) is 16.5. The molecule has 4 atom stereocenters. The van der Waals surface area contributed by atoms with Crippen LogP contribution in [0.5, 0.6) is 11.5 Å². The number of nitrogens with one attached hydrogen (secondary N) is 1. The molecule has 1 aromatic heterocycles. The monoisotopic (exact) mass is 809 g/mol. The summed E-state index contributed by atoms with van der Waals surface area (Å²) < 4.78 is 61.3. The maximum Gasteiger partial charge on any atom is 0.471 e. The molecule has 9 nitrogen and oxygen atoms in total. The molecule has 4 aliphatic rings. The molecular formula is C44H51ClF3N3O6. The average molecular weight is 810 g/mol. The van der Waals surface area contributed by atoms with Crippen LogP contribution in [0.25, 0.3) is 0 Å². The van der Waals surface area contributed by atoms with Gasteiger partial charge in [0.25, 0.3) is 0 Å². The Morgan fingerprint density at radius 3 is 2.56 bits per heavy atom. The number of esters is 1. The second-order valence-corrected chi connectivity index (χ2v) is 17.0. The van der Waals surface area contributed by atoms with Crippen molar-refractivity contribution in [3.8, 4) is 11.5 Å². The van der Waals surface area contributed by atoms with Gasteiger partial charge in [-0.05, 0) is 141 Å². The minimum absolute atomic E-state index is 0.0397. The van der Waals surface area contributed by atoms with Crippen LogP contribution in [0.15, 0.2) is 54.7 Å². The lowest BCUT2D eigenvalue weighted by molar-refractivity contribution is -0.174. The predicted molar refractivity (Wildman–Crippen MR) is 210 cm³/mol. The molecule has 306 valence electrons. The lowest BCUT2D eigenvalue weighted by atomic mass is 9.59. The molecule has 1 N–H and O–H groups in total. The van der Waals surface area contributed by atoms with Gasteiger partial charge in [0.2, 0.25) is 5.91 Å². The number of aromatic nitrogens is 1. The van der Waals surface area contributed by atoms with Crippen molar-refractivity contribution >= 4 is 35.1 Å². The number of alkyl halides is 3. The highest BCUT2D eigenvalue weighted by atomic mass is 35.5. The Morgan fingerprint density at radius 1 is 1.07 bits per heavy atom. The van der Waals surface area contributed by atoms with Crippen LogP contribution in [-0.2, 0) is 37.4 Å². The van der Waals surface area contributed by atoms with Crippen LogP contribution < -0.4 is 19.7 Å². The molecular weight excluding hydrogens is 759 g/mol. The van der Waals surface area contributed by atoms with E-state index in [4.69, 9.17) is 25.8 Å². The first-order valence-corrected chi connectivity index (χ1v) is 20.5. The first kappa shape index (κ1) is 40.9. The molecule has 7 rings (SSSR count). The van der Waals surface area contributed by atoms with Gasteiger partial charge in [-0.1, -0.05) is 37.6 Å². The normalized spacial score (nSPS) is 25.9. The Morgan fingerprint density at radius 2 is 1.86 bits per heavy atom. The highest BCUT2D eigenvalue weighted by molar-refractivity contribution is 6.31. The number of aryl methyl sites for hydroxylation is 1. The maximum atomic E-state index is 14.4. The minimum Gasteiger partial charge on any atom is -0.494 e. The quantitative estimate of drug-likeness (QED) is 0.183. The number of nitrogens with zero attached hydrogens (tertiary/aromatic N) is 2. The Hall–Kier alpha value is -4.32. The molecule has 0 radical (unpaired) electrons. The summed E-state index contributed by atoms with van der Waals surface area (Å²) in [6.45, 7) is 5.87. The molecule has 1 saturated carbocycles. The minimum atomic E-state index is -5.27. The van der Waals surface area contributed by atoms with E-state index in [2.05, 4.69) is 30.2 Å². The van der Waals surface area contributed by atoms with Crippen LogP contribution >= 0.6 is 11.6 Å². The van der Waals surface area contributed by atoms with Crippen LogP contribution in [0.1, 0.15) is 99.9 Å². The zero-order chi connectivity index (χ0) is 40.5. The zero-order valence-corrected chi connectivity index (χ0v) is 33.5. The van der Waals surface area contributed by atoms with E-state index in [-0.39, 0.29) is 47.2 Å². The fraction of sp³-hybridized carbons (Fsp3) is 0.545. The third kappa shape index (κ3) is 8.08. The number of rotatable bonds is 12. The highest BCUT2D eigenvalue weighted by Crippen LogP contribution is 2.58. The van der Waals surface area contributed by atoms with E-state index >= 15 is 0 Å². The summed E-state index contributed by atoms with van der Waals surface area (Å²) in [6.07, 6.45) is 3.01. The standard InChI is InChI=1S/C44H51ClF3N3O6/c1-27(26-57-37-13-20-49-36-9-4-6-28(2)38(36)37)22-31-23-30-10-11-34(56-21-14-29-12-19-50-39(29)52)25-35(30)42(31)15-17-43(18-16-42,41(54)55-3)51(40(53)44(46,47)48)33-8-5-7-32(45)24-33/h5,7-8,10-11,13,20,24-25,27-29,31H,4,6,9,12,14-19,21-23,26H2,1-3H3,(H,50,52)/t27-,28-,29?,31+,42?,43?/m1/s1. The summed E-state index contributed by atoms with van der Waals surface area (Å²) in [5.74, 6) is -1.06. The Bertz CT molecular complexity index is 1980. The van der Waals surface area contributed by atoms with E-state index in [1.165, 1.54) is 29.8 Å². The lowest BCUT2D eigenvalue weighted by Crippen LogP contribution is -2.63. The van der Waals surface area contributed by atoms with Gasteiger partial charge in [-0.3, -0.25) is 19.5 Å². The number of carbonyl (C=O) groups is 3. The van der Waals surface area contributed by atoms with E-state index in [0.29, 0.717) is 55.6 Å². The topological polar surface area (TPSA) is 107 Å². The molecule has 13 heteroatoms. The van der Waals surface area contributed by atoms with E-state index < -0.39 is 29.0 Å². The number of hydrogen-bond donors (Lipinski definition) is 1. The van der Waals surface area contributed by atoms with Crippen LogP contribution in [0.3, 0.4) is 0 Å². The molecule has 3 aromatic rings. The fourth-order valence-corrected chi connectivity index (χ4v) is 10.4. The van der Waals surface area contributed by atoms with Crippen LogP contribution in [0.2, 0.25) is 5.02 Å². The number of methoxy groups -OCH3 is 1. The Labute approximate surface area is 337 Å². The summed E-state index contributed by atoms with van der Waals surface area (Å²) in [5, 5.41) is 3.00. The number of halogens is 4. The molecule has 2 heterocycles. The second-order valence-electron chi connectivity index (χ2n) is 16.5. The van der Waals surface area contributed by atoms with Crippen LogP contribution in [0, 0.1) is 17.8 Å². The number of hydrogen-bond acceptors (Lipinski definition) is 7. The Balaban J connectivity index is 1.19. The highest BCUT2D eigenvalue weighted by Gasteiger charge is 2.60. The third-order valence-corrected chi connectivity index (χ3v) is 13.3. The van der Waals surface area contributed by atoms with Gasteiger partial charge >= 0.3 is 18.1 Å². The first-order chi connectivity index (χ1) is 27.3. The largest absolute Gasteiger partial charge is 0.494 e. The molecule has 1 spiro atoms. The van der Waals surface area contributed by atoms with E-state index in [1.807, 2.05) is 24.4 Å². The van der Waals surface area contributed by atoms with Crippen molar-refractivity contribution in [2.75, 3.05) is 31.8 Å². The fourth-order valence-electron chi connectivity index (χ4n) is 10.2. The average Bonchev–Trinajstić information content (AvgIpc) is 3.73. The number of amides is 2. The number of benzene rings is 2. The molecule has 0 bridgehead atoms. The van der Waals surface area contributed by atoms with Crippen LogP contribution in [-0.4, -0.2) is 61.4 Å². The molecule has 2 fully saturated rings. The maximum absolute atomic E-state index is 14.4. The molecule has 1 unspecified atom stereocenters. The third-order valence-electron chi connectivity index (χ3n) is 13.0. The number of carbonyl (C=O) groups excluding carboxylic acids is 3. The van der Waals surface area contributed by atoms with Crippen molar-refractivity contribution < 1.29 is 41.8 Å². The first-order valence-electron chi connectivity index (χ1n) is 20.2. The summed E-state index contributed by atoms with van der Waals surface area (Å²) in [7, 11) is 1.14. The summed E-state index contributed by atoms with van der Waals surface area (Å²) in [5.41, 5.74) is 1.84. The van der Waals surface area contributed by atoms with Crippen molar-refractivity contribution in [1.82, 2.24) is 10.3 Å². The van der Waals surface area contributed by atoms with E-state index in [0.717, 1.165) is 68.2 Å². The Kier molecular flexibility index (Phi) is 11.8. The summed E-state index contributed by atoms with van der Waals surface area (Å²) >= 11 is 6.25. The van der Waals surface area contributed by atoms with Gasteiger partial charge in [-0.25, -0.2) is 4.79 Å². The summed E-state index contributed by atoms with van der Waals surface area (Å²) in [6, 6.07) is 13.6. The van der Waals surface area contributed by atoms with E-state index in [9.17, 15) is 27.6 Å². The van der Waals surface area contributed by atoms with Gasteiger partial charge in [0.05, 0.1) is 20.3 Å². The smallest absolute Gasteiger partial charge is 0.471 e. The van der Waals surface area contributed by atoms with Crippen molar-refractivity contribution in [1.29, 1.82) is 0 Å². The molecule has 1 saturated heterocycles. The molecule has 2 amide bonds. The number of fused-ring (bicyclic) bond motifs is 3. The van der Waals surface area contributed by atoms with Gasteiger partial charge in [-0.15, -0.1) is 0 Å².